The van der Waals surface area contributed by atoms with Gasteiger partial charge >= 0.3 is 0 Å². The van der Waals surface area contributed by atoms with Crippen molar-refractivity contribution in [1.29, 1.82) is 0 Å². The average Bonchev–Trinajstić information content (AvgIpc) is 3.42. The quantitative estimate of drug-likeness (QED) is 0.117. The second-order valence-electron chi connectivity index (χ2n) is 13.6. The Hall–Kier alpha value is -4.25. The van der Waals surface area contributed by atoms with E-state index in [-0.39, 0.29) is 5.91 Å². The number of imidazole rings is 1. The fourth-order valence-corrected chi connectivity index (χ4v) is 8.02. The van der Waals surface area contributed by atoms with Gasteiger partial charge in [-0.3, -0.25) is 9.00 Å². The van der Waals surface area contributed by atoms with E-state index in [9.17, 15) is 9.00 Å². The second kappa shape index (κ2) is 18.5. The highest BCUT2D eigenvalue weighted by Crippen LogP contribution is 2.34. The molecule has 3 heterocycles. The molecule has 9 nitrogen and oxygen atoms in total. The summed E-state index contributed by atoms with van der Waals surface area (Å²) in [5, 5.41) is 3.11. The predicted molar refractivity (Wildman–Crippen MR) is 209 cm³/mol. The standard InChI is InChI=1S/C42H52N4O5S/c1-4-6-21-49-23-24-51-38-14-9-33(10-15-38)34-11-18-40-36(25-34)26-35(19-20-46(40)27-32-8-7-22-50-28-32)42(47)44-37-12-16-39(17-13-37)52(48)29-41-31(3)43-30-45(41)5-2/h9-18,25-26,30,32H,4-8,19-24,27-29H2,1-3H3,(H,44,47)/t32?,52-/m1/s1. The molecule has 0 bridgehead atoms. The zero-order valence-corrected chi connectivity index (χ0v) is 31.6. The smallest absolute Gasteiger partial charge is 0.251 e. The lowest BCUT2D eigenvalue weighted by molar-refractivity contribution is -0.112. The second-order valence-corrected chi connectivity index (χ2v) is 15.0. The monoisotopic (exact) mass is 724 g/mol. The van der Waals surface area contributed by atoms with Crippen molar-refractivity contribution >= 4 is 34.2 Å². The molecule has 2 aliphatic heterocycles. The third-order valence-corrected chi connectivity index (χ3v) is 11.2. The lowest BCUT2D eigenvalue weighted by Crippen LogP contribution is -2.34. The highest BCUT2D eigenvalue weighted by Gasteiger charge is 2.24. The number of ether oxygens (including phenoxy) is 3. The van der Waals surface area contributed by atoms with E-state index in [0.29, 0.717) is 37.0 Å². The fraction of sp³-hybridized carbons (Fsp3) is 0.429. The van der Waals surface area contributed by atoms with Gasteiger partial charge in [0.1, 0.15) is 12.4 Å². The van der Waals surface area contributed by atoms with Gasteiger partial charge in [0.05, 0.1) is 47.5 Å². The Morgan fingerprint density at radius 3 is 2.58 bits per heavy atom. The number of nitrogens with zero attached hydrogens (tertiary/aromatic N) is 3. The van der Waals surface area contributed by atoms with Gasteiger partial charge in [0.25, 0.3) is 5.91 Å². The van der Waals surface area contributed by atoms with E-state index in [1.807, 2.05) is 54.0 Å². The van der Waals surface area contributed by atoms with Gasteiger partial charge in [-0.2, -0.15) is 0 Å². The summed E-state index contributed by atoms with van der Waals surface area (Å²) in [6, 6.07) is 22.0. The number of unbranched alkanes of at least 4 members (excludes halogenated alkanes) is 1. The van der Waals surface area contributed by atoms with Gasteiger partial charge in [-0.15, -0.1) is 0 Å². The Bertz CT molecular complexity index is 1830. The molecule has 2 aliphatic rings. The van der Waals surface area contributed by atoms with Crippen LogP contribution < -0.4 is 15.0 Å². The Balaban J connectivity index is 1.16. The van der Waals surface area contributed by atoms with Crippen LogP contribution in [0.1, 0.15) is 62.9 Å². The number of benzene rings is 3. The van der Waals surface area contributed by atoms with Gasteiger partial charge in [0.2, 0.25) is 0 Å². The van der Waals surface area contributed by atoms with Gasteiger partial charge in [0, 0.05) is 54.7 Å². The minimum atomic E-state index is -1.23. The lowest BCUT2D eigenvalue weighted by Gasteiger charge is -2.31. The third-order valence-electron chi connectivity index (χ3n) is 9.84. The normalized spacial score (nSPS) is 16.5. The third kappa shape index (κ3) is 9.79. The fourth-order valence-electron chi connectivity index (χ4n) is 6.79. The van der Waals surface area contributed by atoms with E-state index in [1.54, 1.807) is 6.33 Å². The number of hydrogen-bond acceptors (Lipinski definition) is 7. The van der Waals surface area contributed by atoms with Crippen molar-refractivity contribution in [2.45, 2.75) is 70.1 Å². The van der Waals surface area contributed by atoms with Crippen molar-refractivity contribution in [3.05, 3.63) is 95.6 Å². The van der Waals surface area contributed by atoms with E-state index in [0.717, 1.165) is 115 Å². The number of anilines is 2. The maximum atomic E-state index is 13.8. The first-order valence-electron chi connectivity index (χ1n) is 18.7. The highest BCUT2D eigenvalue weighted by molar-refractivity contribution is 7.84. The molecule has 4 aromatic rings. The molecule has 10 heteroatoms. The lowest BCUT2D eigenvalue weighted by atomic mass is 9.98. The molecule has 52 heavy (non-hydrogen) atoms. The van der Waals surface area contributed by atoms with Gasteiger partial charge in [-0.05, 0) is 117 Å². The predicted octanol–water partition coefficient (Wildman–Crippen LogP) is 8.04. The van der Waals surface area contributed by atoms with Crippen LogP contribution in [0.25, 0.3) is 17.2 Å². The minimum absolute atomic E-state index is 0.129. The van der Waals surface area contributed by atoms with Crippen molar-refractivity contribution < 1.29 is 23.2 Å². The number of aryl methyl sites for hydroxylation is 2. The molecule has 1 fully saturated rings. The maximum absolute atomic E-state index is 13.8. The number of aromatic nitrogens is 2. The SMILES string of the molecule is CCCCOCCOc1ccc(-c2ccc3c(c2)C=C(C(=O)Nc2ccc([S@](=O)Cc4c(C)ncn4CC)cc2)CCN3CC2CCCOC2)cc1. The molecule has 1 N–H and O–H groups in total. The summed E-state index contributed by atoms with van der Waals surface area (Å²) in [6.07, 6.45) is 8.87. The first-order chi connectivity index (χ1) is 25.4. The van der Waals surface area contributed by atoms with Crippen LogP contribution in [0.3, 0.4) is 0 Å². The Morgan fingerprint density at radius 1 is 1.02 bits per heavy atom. The van der Waals surface area contributed by atoms with Crippen molar-refractivity contribution in [2.24, 2.45) is 5.92 Å². The van der Waals surface area contributed by atoms with Crippen molar-refractivity contribution in [3.63, 3.8) is 0 Å². The number of rotatable bonds is 16. The molecule has 1 amide bonds. The van der Waals surface area contributed by atoms with E-state index in [1.165, 1.54) is 0 Å². The molecule has 1 saturated heterocycles. The van der Waals surface area contributed by atoms with Crippen LogP contribution in [0.2, 0.25) is 0 Å². The van der Waals surface area contributed by atoms with Crippen molar-refractivity contribution in [1.82, 2.24) is 9.55 Å². The summed E-state index contributed by atoms with van der Waals surface area (Å²) in [4.78, 5) is 21.3. The molecule has 2 atom stereocenters. The molecule has 3 aromatic carbocycles. The molecule has 1 aromatic heterocycles. The van der Waals surface area contributed by atoms with Gasteiger partial charge < -0.3 is 29.0 Å². The van der Waals surface area contributed by atoms with E-state index in [4.69, 9.17) is 14.2 Å². The largest absolute Gasteiger partial charge is 0.491 e. The molecule has 0 saturated carbocycles. The van der Waals surface area contributed by atoms with Gasteiger partial charge in [-0.25, -0.2) is 4.98 Å². The summed E-state index contributed by atoms with van der Waals surface area (Å²) in [5.41, 5.74) is 7.59. The maximum Gasteiger partial charge on any atom is 0.251 e. The molecular weight excluding hydrogens is 673 g/mol. The number of nitrogens with one attached hydrogen (secondary N) is 1. The van der Waals surface area contributed by atoms with Gasteiger partial charge in [0.15, 0.2) is 0 Å². The van der Waals surface area contributed by atoms with Crippen LogP contribution in [0.5, 0.6) is 5.75 Å². The molecule has 276 valence electrons. The van der Waals surface area contributed by atoms with Crippen molar-refractivity contribution in [2.75, 3.05) is 56.3 Å². The van der Waals surface area contributed by atoms with Crippen LogP contribution in [0, 0.1) is 12.8 Å². The van der Waals surface area contributed by atoms with E-state index in [2.05, 4.69) is 59.4 Å². The minimum Gasteiger partial charge on any atom is -0.491 e. The average molecular weight is 725 g/mol. The Morgan fingerprint density at radius 2 is 1.83 bits per heavy atom. The summed E-state index contributed by atoms with van der Waals surface area (Å²) in [7, 11) is -1.23. The number of hydrogen-bond donors (Lipinski definition) is 1. The molecule has 1 unspecified atom stereocenters. The molecular formula is C42H52N4O5S. The summed E-state index contributed by atoms with van der Waals surface area (Å²) < 4.78 is 32.6. The number of fused-ring (bicyclic) bond motifs is 1. The Labute approximate surface area is 310 Å². The van der Waals surface area contributed by atoms with Crippen LogP contribution in [0.15, 0.2) is 83.5 Å². The van der Waals surface area contributed by atoms with Crippen molar-refractivity contribution in [3.8, 4) is 16.9 Å². The van der Waals surface area contributed by atoms with Gasteiger partial charge in [-0.1, -0.05) is 31.5 Å². The number of amides is 1. The number of carbonyl (C=O) groups excluding carboxylic acids is 1. The molecule has 6 rings (SSSR count). The zero-order valence-electron chi connectivity index (χ0n) is 30.8. The first kappa shape index (κ1) is 37.5. The highest BCUT2D eigenvalue weighted by atomic mass is 32.2. The first-order valence-corrected chi connectivity index (χ1v) is 20.0. The van der Waals surface area contributed by atoms with Crippen LogP contribution in [-0.2, 0) is 37.4 Å². The summed E-state index contributed by atoms with van der Waals surface area (Å²) in [6.45, 7) is 12.0. The van der Waals surface area contributed by atoms with E-state index >= 15 is 0 Å². The topological polar surface area (TPSA) is 94.9 Å². The zero-order chi connectivity index (χ0) is 36.3. The molecule has 0 radical (unpaired) electrons. The van der Waals surface area contributed by atoms with Crippen LogP contribution in [0.4, 0.5) is 11.4 Å². The molecule has 0 spiro atoms. The summed E-state index contributed by atoms with van der Waals surface area (Å²) >= 11 is 0. The Kier molecular flexibility index (Phi) is 13.3. The number of carbonyl (C=O) groups is 1. The van der Waals surface area contributed by atoms with Crippen LogP contribution in [-0.4, -0.2) is 65.8 Å². The molecule has 0 aliphatic carbocycles. The van der Waals surface area contributed by atoms with Crippen LogP contribution >= 0.6 is 0 Å². The van der Waals surface area contributed by atoms with E-state index < -0.39 is 10.8 Å². The summed E-state index contributed by atoms with van der Waals surface area (Å²) in [5.74, 6) is 1.54.